The molecule has 4 nitrogen and oxygen atoms in total. The van der Waals surface area contributed by atoms with Crippen LogP contribution in [0, 0.1) is 0 Å². The molecule has 4 heteroatoms. The molecule has 1 unspecified atom stereocenters. The molecule has 0 saturated heterocycles. The second kappa shape index (κ2) is 10.5. The molecule has 0 aliphatic carbocycles. The predicted octanol–water partition coefficient (Wildman–Crippen LogP) is 5.37. The zero-order valence-corrected chi connectivity index (χ0v) is 17.9. The van der Waals surface area contributed by atoms with Gasteiger partial charge in [0.25, 0.3) is 5.91 Å². The fourth-order valence-electron chi connectivity index (χ4n) is 3.61. The van der Waals surface area contributed by atoms with Gasteiger partial charge in [-0.2, -0.15) is 0 Å². The van der Waals surface area contributed by atoms with E-state index in [0.29, 0.717) is 11.5 Å². The minimum Gasteiger partial charge on any atom is -0.493 e. The Labute approximate surface area is 178 Å². The lowest BCUT2D eigenvalue weighted by Gasteiger charge is -2.20. The van der Waals surface area contributed by atoms with Gasteiger partial charge in [-0.3, -0.25) is 4.79 Å². The molecule has 0 radical (unpaired) electrons. The number of aryl methyl sites for hydroxylation is 2. The second-order valence-electron chi connectivity index (χ2n) is 7.19. The zero-order valence-electron chi connectivity index (χ0n) is 17.9. The Hall–Kier alpha value is -3.27. The number of methoxy groups -OCH3 is 2. The van der Waals surface area contributed by atoms with Crippen LogP contribution in [0.15, 0.2) is 72.8 Å². The highest BCUT2D eigenvalue weighted by atomic mass is 16.5. The number of carbonyl (C=O) groups excluding carboxylic acids is 1. The molecule has 0 aromatic heterocycles. The maximum atomic E-state index is 13.1. The molecule has 0 aliphatic rings. The molecule has 1 N–H and O–H groups in total. The van der Waals surface area contributed by atoms with Gasteiger partial charge in [0.05, 0.1) is 20.3 Å². The fourth-order valence-corrected chi connectivity index (χ4v) is 3.61. The first-order valence-corrected chi connectivity index (χ1v) is 10.3. The number of hydrogen-bond donors (Lipinski definition) is 1. The maximum Gasteiger partial charge on any atom is 0.252 e. The smallest absolute Gasteiger partial charge is 0.252 e. The van der Waals surface area contributed by atoms with E-state index in [9.17, 15) is 4.79 Å². The molecule has 0 heterocycles. The van der Waals surface area contributed by atoms with Gasteiger partial charge < -0.3 is 14.8 Å². The average molecular weight is 404 g/mol. The van der Waals surface area contributed by atoms with Gasteiger partial charge in [-0.15, -0.1) is 0 Å². The Kier molecular flexibility index (Phi) is 7.50. The normalized spacial score (nSPS) is 11.6. The largest absolute Gasteiger partial charge is 0.493 e. The first-order chi connectivity index (χ1) is 14.7. The van der Waals surface area contributed by atoms with Crippen LogP contribution in [-0.2, 0) is 12.8 Å². The zero-order chi connectivity index (χ0) is 21.3. The molecular formula is C26H29NO3. The third-order valence-corrected chi connectivity index (χ3v) is 5.31. The van der Waals surface area contributed by atoms with Gasteiger partial charge in [0.1, 0.15) is 0 Å². The lowest BCUT2D eigenvalue weighted by molar-refractivity contribution is 0.0934. The lowest BCUT2D eigenvalue weighted by atomic mass is 9.98. The molecule has 3 aromatic rings. The lowest BCUT2D eigenvalue weighted by Crippen LogP contribution is -2.29. The number of nitrogens with one attached hydrogen (secondary N) is 1. The van der Waals surface area contributed by atoms with Crippen LogP contribution in [0.5, 0.6) is 11.5 Å². The van der Waals surface area contributed by atoms with Crippen molar-refractivity contribution in [3.05, 3.63) is 95.1 Å². The number of ether oxygens (including phenoxy) is 2. The maximum absolute atomic E-state index is 13.1. The first kappa shape index (κ1) is 21.4. The molecule has 0 spiro atoms. The Morgan fingerprint density at radius 3 is 2.27 bits per heavy atom. The van der Waals surface area contributed by atoms with E-state index in [4.69, 9.17) is 9.47 Å². The Morgan fingerprint density at radius 1 is 0.867 bits per heavy atom. The number of hydrogen-bond acceptors (Lipinski definition) is 3. The van der Waals surface area contributed by atoms with Crippen LogP contribution in [0.4, 0.5) is 0 Å². The van der Waals surface area contributed by atoms with Crippen LogP contribution < -0.4 is 14.8 Å². The molecule has 3 rings (SSSR count). The fraction of sp³-hybridized carbons (Fsp3) is 0.269. The highest BCUT2D eigenvalue weighted by molar-refractivity contribution is 5.96. The Balaban J connectivity index is 1.76. The molecule has 1 atom stereocenters. The monoisotopic (exact) mass is 403 g/mol. The van der Waals surface area contributed by atoms with Crippen molar-refractivity contribution in [3.63, 3.8) is 0 Å². The molecule has 0 fully saturated rings. The number of carbonyl (C=O) groups is 1. The van der Waals surface area contributed by atoms with Crippen LogP contribution in [0.1, 0.15) is 46.4 Å². The molecule has 1 amide bonds. The molecule has 0 aliphatic heterocycles. The van der Waals surface area contributed by atoms with E-state index in [1.165, 1.54) is 5.56 Å². The van der Waals surface area contributed by atoms with E-state index in [-0.39, 0.29) is 11.9 Å². The van der Waals surface area contributed by atoms with Crippen molar-refractivity contribution in [2.45, 2.75) is 32.2 Å². The number of rotatable bonds is 9. The minimum atomic E-state index is -0.112. The number of benzene rings is 3. The van der Waals surface area contributed by atoms with Crippen molar-refractivity contribution >= 4 is 5.91 Å². The van der Waals surface area contributed by atoms with Gasteiger partial charge in [0, 0.05) is 5.56 Å². The highest BCUT2D eigenvalue weighted by Crippen LogP contribution is 2.31. The first-order valence-electron chi connectivity index (χ1n) is 10.3. The summed E-state index contributed by atoms with van der Waals surface area (Å²) in [7, 11) is 3.23. The molecular weight excluding hydrogens is 374 g/mol. The van der Waals surface area contributed by atoms with E-state index < -0.39 is 0 Å². The summed E-state index contributed by atoms with van der Waals surface area (Å²) < 4.78 is 10.7. The van der Waals surface area contributed by atoms with E-state index >= 15 is 0 Å². The van der Waals surface area contributed by atoms with Gasteiger partial charge in [0.15, 0.2) is 11.5 Å². The van der Waals surface area contributed by atoms with Crippen LogP contribution >= 0.6 is 0 Å². The third kappa shape index (κ3) is 5.20. The molecule has 156 valence electrons. The second-order valence-corrected chi connectivity index (χ2v) is 7.19. The summed E-state index contributed by atoms with van der Waals surface area (Å²) in [5, 5.41) is 3.19. The summed E-state index contributed by atoms with van der Waals surface area (Å²) in [6.07, 6.45) is 2.49. The van der Waals surface area contributed by atoms with Gasteiger partial charge in [-0.1, -0.05) is 61.5 Å². The van der Waals surface area contributed by atoms with Crippen molar-refractivity contribution in [2.24, 2.45) is 0 Å². The predicted molar refractivity (Wildman–Crippen MR) is 120 cm³/mol. The van der Waals surface area contributed by atoms with Gasteiger partial charge >= 0.3 is 0 Å². The summed E-state index contributed by atoms with van der Waals surface area (Å²) in [6.45, 7) is 2.06. The molecule has 3 aromatic carbocycles. The molecule has 30 heavy (non-hydrogen) atoms. The highest BCUT2D eigenvalue weighted by Gasteiger charge is 2.18. The van der Waals surface area contributed by atoms with E-state index in [2.05, 4.69) is 24.4 Å². The quantitative estimate of drug-likeness (QED) is 0.522. The standard InChI is InChI=1S/C26H29NO3/c1-4-23(21-16-17-24(29-2)25(18-21)30-3)27-26(28)22-13-9-8-12-20(22)15-14-19-10-6-5-7-11-19/h5-13,16-18,23H,4,14-15H2,1-3H3,(H,27,28). The third-order valence-electron chi connectivity index (χ3n) is 5.31. The summed E-state index contributed by atoms with van der Waals surface area (Å²) in [6, 6.07) is 23.8. The Bertz CT molecular complexity index is 969. The van der Waals surface area contributed by atoms with Crippen LogP contribution in [0.3, 0.4) is 0 Å². The number of amides is 1. The topological polar surface area (TPSA) is 47.6 Å². The molecule has 0 bridgehead atoms. The summed E-state index contributed by atoms with van der Waals surface area (Å²) in [5.41, 5.74) is 4.04. The van der Waals surface area contributed by atoms with Crippen LogP contribution in [0.2, 0.25) is 0 Å². The van der Waals surface area contributed by atoms with Gasteiger partial charge in [-0.25, -0.2) is 0 Å². The van der Waals surface area contributed by atoms with E-state index in [0.717, 1.165) is 36.0 Å². The average Bonchev–Trinajstić information content (AvgIpc) is 2.81. The summed E-state index contributed by atoms with van der Waals surface area (Å²) in [4.78, 5) is 13.1. The van der Waals surface area contributed by atoms with Crippen molar-refractivity contribution in [3.8, 4) is 11.5 Å². The minimum absolute atomic E-state index is 0.0553. The van der Waals surface area contributed by atoms with Crippen molar-refractivity contribution in [1.82, 2.24) is 5.32 Å². The van der Waals surface area contributed by atoms with Crippen molar-refractivity contribution in [2.75, 3.05) is 14.2 Å². The van der Waals surface area contributed by atoms with Gasteiger partial charge in [0.2, 0.25) is 0 Å². The SMILES string of the molecule is CCC(NC(=O)c1ccccc1CCc1ccccc1)c1ccc(OC)c(OC)c1. The Morgan fingerprint density at radius 2 is 1.57 bits per heavy atom. The van der Waals surface area contributed by atoms with Crippen molar-refractivity contribution in [1.29, 1.82) is 0 Å². The van der Waals surface area contributed by atoms with Crippen LogP contribution in [0.25, 0.3) is 0 Å². The van der Waals surface area contributed by atoms with Crippen LogP contribution in [-0.4, -0.2) is 20.1 Å². The van der Waals surface area contributed by atoms with E-state index in [1.807, 2.05) is 60.7 Å². The van der Waals surface area contributed by atoms with E-state index in [1.54, 1.807) is 14.2 Å². The van der Waals surface area contributed by atoms with Gasteiger partial charge in [-0.05, 0) is 54.2 Å². The molecule has 0 saturated carbocycles. The van der Waals surface area contributed by atoms with Crippen molar-refractivity contribution < 1.29 is 14.3 Å². The summed E-state index contributed by atoms with van der Waals surface area (Å²) in [5.74, 6) is 1.28. The summed E-state index contributed by atoms with van der Waals surface area (Å²) >= 11 is 0.